The zero-order valence-corrected chi connectivity index (χ0v) is 25.1. The van der Waals surface area contributed by atoms with Gasteiger partial charge in [-0.25, -0.2) is 0 Å². The number of Topliss-reactive ketones (excluding diaryl/α,β-unsaturated/α-hetero) is 1. The fraction of sp³-hybridized carbons (Fsp3) is 0.263. The number of ketones is 1. The van der Waals surface area contributed by atoms with E-state index in [9.17, 15) is 4.79 Å². The molecule has 210 valence electrons. The molecular weight excluding hydrogens is 502 g/mol. The molecule has 1 heterocycles. The van der Waals surface area contributed by atoms with Crippen LogP contribution in [-0.2, 0) is 11.8 Å². The summed E-state index contributed by atoms with van der Waals surface area (Å²) >= 11 is 0. The van der Waals surface area contributed by atoms with Crippen molar-refractivity contribution in [1.82, 2.24) is 5.16 Å². The van der Waals surface area contributed by atoms with E-state index >= 15 is 0 Å². The van der Waals surface area contributed by atoms with E-state index in [-0.39, 0.29) is 17.1 Å². The van der Waals surface area contributed by atoms with Gasteiger partial charge in [0.15, 0.2) is 11.5 Å². The van der Waals surface area contributed by atoms with Gasteiger partial charge in [0.25, 0.3) is 0 Å². The Labute approximate surface area is 245 Å². The predicted molar refractivity (Wildman–Crippen MR) is 171 cm³/mol. The predicted octanol–water partition coefficient (Wildman–Crippen LogP) is 10.1. The van der Waals surface area contributed by atoms with Gasteiger partial charge in [-0.3, -0.25) is 4.79 Å². The first-order chi connectivity index (χ1) is 19.7. The largest absolute Gasteiger partial charge is 0.356 e. The van der Waals surface area contributed by atoms with Crippen LogP contribution in [0.2, 0.25) is 0 Å². The van der Waals surface area contributed by atoms with Gasteiger partial charge < -0.3 is 4.52 Å². The van der Waals surface area contributed by atoms with Gasteiger partial charge in [0, 0.05) is 23.1 Å². The summed E-state index contributed by atoms with van der Waals surface area (Å²) in [4.78, 5) is 11.8. The molecule has 1 atom stereocenters. The Morgan fingerprint density at radius 2 is 1.68 bits per heavy atom. The molecule has 4 aromatic rings. The third-order valence-corrected chi connectivity index (χ3v) is 7.34. The molecule has 4 rings (SSSR count). The van der Waals surface area contributed by atoms with Gasteiger partial charge in [0.1, 0.15) is 0 Å². The van der Waals surface area contributed by atoms with Crippen LogP contribution in [0.25, 0.3) is 16.9 Å². The third-order valence-electron chi connectivity index (χ3n) is 7.34. The lowest BCUT2D eigenvalue weighted by Gasteiger charge is -2.21. The highest BCUT2D eigenvalue weighted by Gasteiger charge is 2.22. The molecular formula is C38H41NO2. The Balaban J connectivity index is 1.70. The lowest BCUT2D eigenvalue weighted by atomic mass is 9.83. The van der Waals surface area contributed by atoms with E-state index in [1.165, 1.54) is 11.1 Å². The first-order valence-electron chi connectivity index (χ1n) is 14.5. The molecule has 0 bridgehead atoms. The number of hydrogen-bond donors (Lipinski definition) is 0. The van der Waals surface area contributed by atoms with E-state index in [0.717, 1.165) is 52.1 Å². The van der Waals surface area contributed by atoms with Crippen molar-refractivity contribution in [3.8, 4) is 11.3 Å². The Kier molecular flexibility index (Phi) is 9.73. The Bertz CT molecular complexity index is 1540. The summed E-state index contributed by atoms with van der Waals surface area (Å²) in [6.45, 7) is 12.4. The van der Waals surface area contributed by atoms with Crippen molar-refractivity contribution in [2.75, 3.05) is 0 Å². The van der Waals surface area contributed by atoms with E-state index in [0.29, 0.717) is 0 Å². The first-order valence-corrected chi connectivity index (χ1v) is 14.5. The van der Waals surface area contributed by atoms with Crippen LogP contribution in [0.15, 0.2) is 114 Å². The number of rotatable bonds is 10. The minimum absolute atomic E-state index is 0.00513. The molecule has 3 heteroatoms. The molecule has 0 amide bonds. The van der Waals surface area contributed by atoms with Crippen LogP contribution in [0.3, 0.4) is 0 Å². The molecule has 0 N–H and O–H groups in total. The van der Waals surface area contributed by atoms with Gasteiger partial charge in [-0.15, -0.1) is 0 Å². The van der Waals surface area contributed by atoms with Gasteiger partial charge >= 0.3 is 0 Å². The zero-order chi connectivity index (χ0) is 29.4. The number of carbonyl (C=O) groups is 1. The second-order valence-electron chi connectivity index (χ2n) is 11.5. The van der Waals surface area contributed by atoms with Gasteiger partial charge in [-0.05, 0) is 66.0 Å². The SMILES string of the molecule is C\C=C/C(=C\C=C\CC)c1cccc(-c2cc(C(Cc3ccc(C(C)=O)cc3)c3ccc(C(C)(C)C)cc3)no2)c1. The number of carbonyl (C=O) groups excluding carboxylic acids is 1. The summed E-state index contributed by atoms with van der Waals surface area (Å²) in [7, 11) is 0. The molecule has 0 aliphatic rings. The van der Waals surface area contributed by atoms with E-state index in [2.05, 4.69) is 118 Å². The number of nitrogens with zero attached hydrogens (tertiary/aromatic N) is 1. The van der Waals surface area contributed by atoms with Gasteiger partial charge in [-0.1, -0.05) is 130 Å². The van der Waals surface area contributed by atoms with Crippen molar-refractivity contribution in [2.45, 2.75) is 65.7 Å². The van der Waals surface area contributed by atoms with E-state index in [4.69, 9.17) is 4.52 Å². The van der Waals surface area contributed by atoms with Crippen LogP contribution < -0.4 is 0 Å². The first kappa shape index (κ1) is 29.7. The molecule has 0 spiro atoms. The molecule has 41 heavy (non-hydrogen) atoms. The van der Waals surface area contributed by atoms with Crippen LogP contribution in [0, 0.1) is 0 Å². The molecule has 3 aromatic carbocycles. The van der Waals surface area contributed by atoms with Crippen LogP contribution in [0.5, 0.6) is 0 Å². The molecule has 0 saturated heterocycles. The molecule has 0 aliphatic carbocycles. The quantitative estimate of drug-likeness (QED) is 0.148. The maximum atomic E-state index is 11.8. The van der Waals surface area contributed by atoms with E-state index in [1.54, 1.807) is 6.92 Å². The lowest BCUT2D eigenvalue weighted by molar-refractivity contribution is 0.101. The summed E-state index contributed by atoms with van der Waals surface area (Å²) in [6.07, 6.45) is 12.3. The highest BCUT2D eigenvalue weighted by atomic mass is 16.5. The van der Waals surface area contributed by atoms with Gasteiger partial charge in [-0.2, -0.15) is 0 Å². The number of allylic oxidation sites excluding steroid dienone is 6. The maximum absolute atomic E-state index is 11.8. The molecule has 0 saturated carbocycles. The average Bonchev–Trinajstić information content (AvgIpc) is 3.46. The monoisotopic (exact) mass is 543 g/mol. The second kappa shape index (κ2) is 13.4. The van der Waals surface area contributed by atoms with Crippen LogP contribution in [-0.4, -0.2) is 10.9 Å². The Hall–Kier alpha value is -4.24. The molecule has 0 fully saturated rings. The average molecular weight is 544 g/mol. The van der Waals surface area contributed by atoms with E-state index in [1.807, 2.05) is 31.2 Å². The fourth-order valence-electron chi connectivity index (χ4n) is 4.90. The molecule has 0 radical (unpaired) electrons. The smallest absolute Gasteiger partial charge is 0.167 e. The highest BCUT2D eigenvalue weighted by Crippen LogP contribution is 2.33. The Morgan fingerprint density at radius 3 is 2.32 bits per heavy atom. The second-order valence-corrected chi connectivity index (χ2v) is 11.5. The lowest BCUT2D eigenvalue weighted by Crippen LogP contribution is -2.12. The van der Waals surface area contributed by atoms with Crippen molar-refractivity contribution < 1.29 is 9.32 Å². The third kappa shape index (κ3) is 7.70. The maximum Gasteiger partial charge on any atom is 0.167 e. The van der Waals surface area contributed by atoms with E-state index < -0.39 is 0 Å². The normalized spacial score (nSPS) is 13.3. The summed E-state index contributed by atoms with van der Waals surface area (Å²) in [5.41, 5.74) is 8.57. The molecule has 1 unspecified atom stereocenters. The number of hydrogen-bond acceptors (Lipinski definition) is 3. The van der Waals surface area contributed by atoms with Crippen molar-refractivity contribution in [3.05, 3.63) is 143 Å². The molecule has 1 aromatic heterocycles. The molecule has 0 aliphatic heterocycles. The van der Waals surface area contributed by atoms with Crippen molar-refractivity contribution in [1.29, 1.82) is 0 Å². The van der Waals surface area contributed by atoms with Crippen LogP contribution in [0.4, 0.5) is 0 Å². The Morgan fingerprint density at radius 1 is 0.951 bits per heavy atom. The highest BCUT2D eigenvalue weighted by molar-refractivity contribution is 5.94. The summed E-state index contributed by atoms with van der Waals surface area (Å²) in [6, 6.07) is 27.2. The summed E-state index contributed by atoms with van der Waals surface area (Å²) in [5, 5.41) is 4.59. The topological polar surface area (TPSA) is 43.1 Å². The standard InChI is InChI=1S/C38H41NO2/c1-7-9-10-13-30(12-8-2)32-14-11-15-33(25-32)37-26-36(39-41-37)35(24-28-16-18-29(19-17-28)27(3)40)31-20-22-34(23-21-31)38(4,5)6/h8-23,25-26,35H,7,24H2,1-6H3/b10-9+,12-8-,30-13+. The minimum Gasteiger partial charge on any atom is -0.356 e. The van der Waals surface area contributed by atoms with Crippen molar-refractivity contribution in [3.63, 3.8) is 0 Å². The van der Waals surface area contributed by atoms with Crippen molar-refractivity contribution >= 4 is 11.4 Å². The van der Waals surface area contributed by atoms with Crippen LogP contribution >= 0.6 is 0 Å². The zero-order valence-electron chi connectivity index (χ0n) is 25.1. The fourth-order valence-corrected chi connectivity index (χ4v) is 4.90. The van der Waals surface area contributed by atoms with Gasteiger partial charge in [0.2, 0.25) is 0 Å². The van der Waals surface area contributed by atoms with Crippen LogP contribution in [0.1, 0.15) is 92.2 Å². The number of benzene rings is 3. The molecule has 3 nitrogen and oxygen atoms in total. The minimum atomic E-state index is 0.00513. The number of aromatic nitrogens is 1. The summed E-state index contributed by atoms with van der Waals surface area (Å²) < 4.78 is 5.97. The van der Waals surface area contributed by atoms with Crippen molar-refractivity contribution in [2.24, 2.45) is 0 Å². The summed E-state index contributed by atoms with van der Waals surface area (Å²) in [5.74, 6) is 0.822. The van der Waals surface area contributed by atoms with Gasteiger partial charge in [0.05, 0.1) is 5.69 Å².